The van der Waals surface area contributed by atoms with Crippen molar-refractivity contribution in [1.29, 1.82) is 0 Å². The number of nitrogens with one attached hydrogen (secondary N) is 1. The summed E-state index contributed by atoms with van der Waals surface area (Å²) in [5.41, 5.74) is 3.55. The molecule has 9 nitrogen and oxygen atoms in total. The summed E-state index contributed by atoms with van der Waals surface area (Å²) in [7, 11) is 0. The summed E-state index contributed by atoms with van der Waals surface area (Å²) < 4.78 is 7.54. The molecule has 0 aliphatic carbocycles. The molecule has 4 aromatic rings. The van der Waals surface area contributed by atoms with Gasteiger partial charge in [0.25, 0.3) is 5.89 Å². The van der Waals surface area contributed by atoms with Gasteiger partial charge in [0.05, 0.1) is 12.0 Å². The first-order valence-corrected chi connectivity index (χ1v) is 9.91. The predicted molar refractivity (Wildman–Crippen MR) is 112 cm³/mol. The summed E-state index contributed by atoms with van der Waals surface area (Å²) in [5.74, 6) is 0.210. The summed E-state index contributed by atoms with van der Waals surface area (Å²) in [6.45, 7) is 1.42. The molecule has 9 heteroatoms. The highest BCUT2D eigenvalue weighted by molar-refractivity contribution is 5.88. The Morgan fingerprint density at radius 2 is 2.06 bits per heavy atom. The number of amides is 1. The first-order valence-electron chi connectivity index (χ1n) is 9.91. The fourth-order valence-electron chi connectivity index (χ4n) is 4.11. The molecule has 2 N–H and O–H groups in total. The Hall–Kier alpha value is -4.01. The van der Waals surface area contributed by atoms with Crippen molar-refractivity contribution >= 4 is 28.6 Å². The Kier molecular flexibility index (Phi) is 4.50. The molecule has 1 amide bonds. The van der Waals surface area contributed by atoms with Crippen molar-refractivity contribution in [3.8, 4) is 22.8 Å². The second-order valence-electron chi connectivity index (χ2n) is 7.61. The van der Waals surface area contributed by atoms with Crippen molar-refractivity contribution in [2.75, 3.05) is 5.32 Å². The van der Waals surface area contributed by atoms with Crippen molar-refractivity contribution in [2.45, 2.75) is 32.2 Å². The molecule has 1 aliphatic heterocycles. The lowest BCUT2D eigenvalue weighted by molar-refractivity contribution is -0.137. The van der Waals surface area contributed by atoms with Crippen LogP contribution < -0.4 is 5.32 Å². The molecular formula is C22H19N5O4. The largest absolute Gasteiger partial charge is 0.481 e. The Bertz CT molecular complexity index is 1310. The molecule has 1 aliphatic rings. The average molecular weight is 417 g/mol. The summed E-state index contributed by atoms with van der Waals surface area (Å²) in [4.78, 5) is 31.0. The van der Waals surface area contributed by atoms with E-state index in [0.29, 0.717) is 23.1 Å². The quantitative estimate of drug-likeness (QED) is 0.508. The predicted octanol–water partition coefficient (Wildman–Crippen LogP) is 3.67. The summed E-state index contributed by atoms with van der Waals surface area (Å²) in [6, 6.07) is 11.4. The van der Waals surface area contributed by atoms with Crippen LogP contribution in [0.4, 0.5) is 5.82 Å². The van der Waals surface area contributed by atoms with Crippen LogP contribution in [0.5, 0.6) is 0 Å². The van der Waals surface area contributed by atoms with Gasteiger partial charge in [-0.25, -0.2) is 4.98 Å². The standard InChI is InChI=1S/C22H19N5O4/c1-12(28)24-19-7-4-15(11-23-19)22-25-21(26-31-22)14-3-2-13-8-16-5-6-17(10-20(29)30)27(16)18(13)9-14/h2-4,7-9,11,17H,5-6,10H2,1H3,(H,29,30)(H,23,24,28). The topological polar surface area (TPSA) is 123 Å². The van der Waals surface area contributed by atoms with Gasteiger partial charge in [-0.15, -0.1) is 0 Å². The number of rotatable bonds is 5. The Morgan fingerprint density at radius 1 is 1.23 bits per heavy atom. The van der Waals surface area contributed by atoms with Gasteiger partial charge in [-0.2, -0.15) is 4.98 Å². The number of aliphatic carboxylic acids is 1. The molecule has 156 valence electrons. The zero-order valence-corrected chi connectivity index (χ0v) is 16.7. The molecule has 0 saturated heterocycles. The van der Waals surface area contributed by atoms with E-state index in [9.17, 15) is 14.7 Å². The van der Waals surface area contributed by atoms with Crippen molar-refractivity contribution < 1.29 is 19.2 Å². The van der Waals surface area contributed by atoms with Crippen molar-refractivity contribution in [3.05, 3.63) is 48.3 Å². The third-order valence-corrected chi connectivity index (χ3v) is 5.43. The van der Waals surface area contributed by atoms with Crippen LogP contribution in [0.25, 0.3) is 33.7 Å². The highest BCUT2D eigenvalue weighted by atomic mass is 16.5. The smallest absolute Gasteiger partial charge is 0.305 e. The molecule has 31 heavy (non-hydrogen) atoms. The normalized spacial score (nSPS) is 15.2. The molecule has 0 bridgehead atoms. The first-order chi connectivity index (χ1) is 15.0. The number of benzene rings is 1. The van der Waals surface area contributed by atoms with Gasteiger partial charge < -0.3 is 19.5 Å². The molecule has 1 unspecified atom stereocenters. The van der Waals surface area contributed by atoms with Gasteiger partial charge in [0.15, 0.2) is 0 Å². The van der Waals surface area contributed by atoms with E-state index in [4.69, 9.17) is 4.52 Å². The van der Waals surface area contributed by atoms with Crippen LogP contribution in [0.15, 0.2) is 47.1 Å². The van der Waals surface area contributed by atoms with Crippen LogP contribution in [0.2, 0.25) is 0 Å². The number of pyridine rings is 1. The number of fused-ring (bicyclic) bond motifs is 3. The first kappa shape index (κ1) is 19.0. The summed E-state index contributed by atoms with van der Waals surface area (Å²) in [6.07, 6.45) is 3.36. The zero-order chi connectivity index (χ0) is 21.5. The van der Waals surface area contributed by atoms with E-state index < -0.39 is 5.97 Å². The van der Waals surface area contributed by atoms with Crippen LogP contribution in [0.3, 0.4) is 0 Å². The maximum absolute atomic E-state index is 11.3. The molecule has 0 spiro atoms. The number of carboxylic acid groups (broad SMARTS) is 1. The monoisotopic (exact) mass is 417 g/mol. The van der Waals surface area contributed by atoms with Gasteiger partial charge in [-0.3, -0.25) is 9.59 Å². The fraction of sp³-hybridized carbons (Fsp3) is 0.227. The van der Waals surface area contributed by atoms with Gasteiger partial charge in [0.1, 0.15) is 5.82 Å². The number of aryl methyl sites for hydroxylation is 1. The maximum atomic E-state index is 11.3. The van der Waals surface area contributed by atoms with E-state index in [-0.39, 0.29) is 18.4 Å². The summed E-state index contributed by atoms with van der Waals surface area (Å²) in [5, 5.41) is 17.0. The van der Waals surface area contributed by atoms with Gasteiger partial charge in [0, 0.05) is 35.9 Å². The fourth-order valence-corrected chi connectivity index (χ4v) is 4.11. The molecule has 1 aromatic carbocycles. The second-order valence-corrected chi connectivity index (χ2v) is 7.61. The number of nitrogens with zero attached hydrogens (tertiary/aromatic N) is 4. The van der Waals surface area contributed by atoms with E-state index in [0.717, 1.165) is 35.0 Å². The third-order valence-electron chi connectivity index (χ3n) is 5.43. The van der Waals surface area contributed by atoms with E-state index >= 15 is 0 Å². The average Bonchev–Trinajstić information content (AvgIpc) is 3.44. The molecule has 5 rings (SSSR count). The number of hydrogen-bond acceptors (Lipinski definition) is 6. The number of anilines is 1. The lowest BCUT2D eigenvalue weighted by atomic mass is 10.1. The molecule has 1 atom stereocenters. The molecule has 0 radical (unpaired) electrons. The SMILES string of the molecule is CC(=O)Nc1ccc(-c2nc(-c3ccc4cc5n(c4c3)C(CC(=O)O)CC5)no2)cn1. The number of carbonyl (C=O) groups excluding carboxylic acids is 1. The van der Waals surface area contributed by atoms with Crippen LogP contribution in [0, 0.1) is 0 Å². The van der Waals surface area contributed by atoms with E-state index in [1.54, 1.807) is 18.3 Å². The Labute approximate surface area is 176 Å². The van der Waals surface area contributed by atoms with Crippen LogP contribution in [-0.4, -0.2) is 36.7 Å². The minimum atomic E-state index is -0.795. The van der Waals surface area contributed by atoms with Gasteiger partial charge in [-0.05, 0) is 42.5 Å². The highest BCUT2D eigenvalue weighted by Crippen LogP contribution is 2.36. The zero-order valence-electron chi connectivity index (χ0n) is 16.7. The number of aromatic nitrogens is 4. The van der Waals surface area contributed by atoms with Crippen LogP contribution in [0.1, 0.15) is 31.5 Å². The number of carboxylic acids is 1. The van der Waals surface area contributed by atoms with Crippen molar-refractivity contribution in [2.24, 2.45) is 0 Å². The van der Waals surface area contributed by atoms with Gasteiger partial charge >= 0.3 is 5.97 Å². The number of hydrogen-bond donors (Lipinski definition) is 2. The number of carbonyl (C=O) groups is 2. The van der Waals surface area contributed by atoms with E-state index in [1.165, 1.54) is 6.92 Å². The maximum Gasteiger partial charge on any atom is 0.305 e. The Balaban J connectivity index is 1.46. The van der Waals surface area contributed by atoms with E-state index in [1.807, 2.05) is 18.2 Å². The van der Waals surface area contributed by atoms with Crippen LogP contribution >= 0.6 is 0 Å². The van der Waals surface area contributed by atoms with Gasteiger partial charge in [-0.1, -0.05) is 17.3 Å². The van der Waals surface area contributed by atoms with E-state index in [2.05, 4.69) is 31.1 Å². The molecule has 3 aromatic heterocycles. The lowest BCUT2D eigenvalue weighted by Crippen LogP contribution is -2.09. The molecule has 0 saturated carbocycles. The summed E-state index contributed by atoms with van der Waals surface area (Å²) >= 11 is 0. The minimum absolute atomic E-state index is 0.0470. The Morgan fingerprint density at radius 3 is 2.81 bits per heavy atom. The van der Waals surface area contributed by atoms with Crippen molar-refractivity contribution in [3.63, 3.8) is 0 Å². The molecule has 0 fully saturated rings. The third kappa shape index (κ3) is 3.54. The molecule has 4 heterocycles. The van der Waals surface area contributed by atoms with Gasteiger partial charge in [0.2, 0.25) is 11.7 Å². The van der Waals surface area contributed by atoms with Crippen molar-refractivity contribution in [1.82, 2.24) is 19.7 Å². The highest BCUT2D eigenvalue weighted by Gasteiger charge is 2.26. The second kappa shape index (κ2) is 7.35. The lowest BCUT2D eigenvalue weighted by Gasteiger charge is -2.13. The van der Waals surface area contributed by atoms with Crippen LogP contribution in [-0.2, 0) is 16.0 Å². The molecular weight excluding hydrogens is 398 g/mol. The minimum Gasteiger partial charge on any atom is -0.481 e.